The molecule has 1 aromatic heterocycles. The van der Waals surface area contributed by atoms with E-state index in [1.807, 2.05) is 12.1 Å². The second-order valence-electron chi connectivity index (χ2n) is 2.37. The lowest BCUT2D eigenvalue weighted by Crippen LogP contribution is -1.97. The van der Waals surface area contributed by atoms with Crippen molar-refractivity contribution in [3.05, 3.63) is 22.8 Å². The molecule has 0 aliphatic heterocycles. The number of thioether (sulfide) groups is 1. The maximum absolute atomic E-state index is 5.69. The van der Waals surface area contributed by atoms with Crippen molar-refractivity contribution in [1.82, 2.24) is 4.98 Å². The summed E-state index contributed by atoms with van der Waals surface area (Å²) < 4.78 is 1.03. The van der Waals surface area contributed by atoms with E-state index in [9.17, 15) is 0 Å². The van der Waals surface area contributed by atoms with Gasteiger partial charge in [-0.15, -0.1) is 23.4 Å². The summed E-state index contributed by atoms with van der Waals surface area (Å²) >= 11 is 10.8. The van der Waals surface area contributed by atoms with Crippen LogP contribution in [0.25, 0.3) is 0 Å². The van der Waals surface area contributed by atoms with E-state index < -0.39 is 0 Å². The molecular weight excluding hydrogens is 258 g/mol. The van der Waals surface area contributed by atoms with Crippen molar-refractivity contribution >= 4 is 39.3 Å². The quantitative estimate of drug-likeness (QED) is 0.613. The molecule has 0 bridgehead atoms. The first-order valence-electron chi connectivity index (χ1n) is 3.57. The molecule has 1 heterocycles. The second kappa shape index (κ2) is 5.10. The SMILES string of the molecule is CC(CCl)Sc1ncccc1Br. The van der Waals surface area contributed by atoms with E-state index in [-0.39, 0.29) is 0 Å². The third kappa shape index (κ3) is 2.96. The first-order chi connectivity index (χ1) is 5.74. The molecular formula is C8H9BrClNS. The molecule has 0 fully saturated rings. The number of alkyl halides is 1. The summed E-state index contributed by atoms with van der Waals surface area (Å²) in [6.07, 6.45) is 1.79. The maximum atomic E-state index is 5.69. The van der Waals surface area contributed by atoms with Crippen molar-refractivity contribution in [2.24, 2.45) is 0 Å². The normalized spacial score (nSPS) is 12.9. The van der Waals surface area contributed by atoms with Crippen molar-refractivity contribution < 1.29 is 0 Å². The lowest BCUT2D eigenvalue weighted by atomic mass is 10.5. The Bertz CT molecular complexity index is 257. The largest absolute Gasteiger partial charge is 0.249 e. The Hall–Kier alpha value is 0.270. The number of nitrogens with zero attached hydrogens (tertiary/aromatic N) is 1. The number of pyridine rings is 1. The number of halogens is 2. The fourth-order valence-corrected chi connectivity index (χ4v) is 2.15. The molecule has 0 aromatic carbocycles. The first kappa shape index (κ1) is 10.4. The first-order valence-corrected chi connectivity index (χ1v) is 5.78. The third-order valence-corrected chi connectivity index (χ3v) is 3.92. The molecule has 0 saturated heterocycles. The highest BCUT2D eigenvalue weighted by Gasteiger charge is 2.06. The molecule has 1 aromatic rings. The van der Waals surface area contributed by atoms with Gasteiger partial charge in [-0.2, -0.15) is 0 Å². The van der Waals surface area contributed by atoms with E-state index in [1.54, 1.807) is 18.0 Å². The van der Waals surface area contributed by atoms with E-state index in [2.05, 4.69) is 27.8 Å². The molecule has 0 aliphatic carbocycles. The molecule has 0 N–H and O–H groups in total. The van der Waals surface area contributed by atoms with E-state index in [0.717, 1.165) is 9.50 Å². The van der Waals surface area contributed by atoms with E-state index >= 15 is 0 Å². The summed E-state index contributed by atoms with van der Waals surface area (Å²) in [6.45, 7) is 2.08. The maximum Gasteiger partial charge on any atom is 0.110 e. The fourth-order valence-electron chi connectivity index (χ4n) is 0.680. The van der Waals surface area contributed by atoms with Crippen LogP contribution in [0.4, 0.5) is 0 Å². The van der Waals surface area contributed by atoms with Gasteiger partial charge in [0.2, 0.25) is 0 Å². The smallest absolute Gasteiger partial charge is 0.110 e. The Labute approximate surface area is 90.0 Å². The zero-order chi connectivity index (χ0) is 8.97. The lowest BCUT2D eigenvalue weighted by molar-refractivity contribution is 1.06. The molecule has 0 spiro atoms. The minimum atomic E-state index is 0.401. The Balaban J connectivity index is 2.69. The van der Waals surface area contributed by atoms with Gasteiger partial charge in [-0.1, -0.05) is 6.92 Å². The van der Waals surface area contributed by atoms with Crippen molar-refractivity contribution in [2.45, 2.75) is 17.2 Å². The standard InChI is InChI=1S/C8H9BrClNS/c1-6(5-10)12-8-7(9)3-2-4-11-8/h2-4,6H,5H2,1H3. The predicted molar refractivity (Wildman–Crippen MR) is 58.0 cm³/mol. The van der Waals surface area contributed by atoms with Gasteiger partial charge in [0, 0.05) is 21.8 Å². The highest BCUT2D eigenvalue weighted by atomic mass is 79.9. The zero-order valence-electron chi connectivity index (χ0n) is 6.63. The van der Waals surface area contributed by atoms with Crippen LogP contribution in [0.2, 0.25) is 0 Å². The summed E-state index contributed by atoms with van der Waals surface area (Å²) in [7, 11) is 0. The van der Waals surface area contributed by atoms with Crippen LogP contribution in [0.5, 0.6) is 0 Å². The molecule has 1 nitrogen and oxygen atoms in total. The predicted octanol–water partition coefficient (Wildman–Crippen LogP) is 3.56. The molecule has 1 rings (SSSR count). The van der Waals surface area contributed by atoms with Crippen LogP contribution < -0.4 is 0 Å². The van der Waals surface area contributed by atoms with Crippen LogP contribution in [0, 0.1) is 0 Å². The summed E-state index contributed by atoms with van der Waals surface area (Å²) in [4.78, 5) is 4.22. The van der Waals surface area contributed by atoms with E-state index in [4.69, 9.17) is 11.6 Å². The average Bonchev–Trinajstić information content (AvgIpc) is 2.09. The molecule has 0 aliphatic rings. The van der Waals surface area contributed by atoms with Crippen LogP contribution >= 0.6 is 39.3 Å². The van der Waals surface area contributed by atoms with Gasteiger partial charge in [-0.3, -0.25) is 0 Å². The van der Waals surface area contributed by atoms with E-state index in [0.29, 0.717) is 11.1 Å². The van der Waals surface area contributed by atoms with Gasteiger partial charge in [0.15, 0.2) is 0 Å². The molecule has 12 heavy (non-hydrogen) atoms. The van der Waals surface area contributed by atoms with Gasteiger partial charge >= 0.3 is 0 Å². The zero-order valence-corrected chi connectivity index (χ0v) is 9.79. The van der Waals surface area contributed by atoms with Crippen molar-refractivity contribution in [2.75, 3.05) is 5.88 Å². The van der Waals surface area contributed by atoms with Gasteiger partial charge in [-0.25, -0.2) is 4.98 Å². The molecule has 0 amide bonds. The van der Waals surface area contributed by atoms with Crippen LogP contribution in [0.1, 0.15) is 6.92 Å². The van der Waals surface area contributed by atoms with Gasteiger partial charge in [-0.05, 0) is 28.1 Å². The van der Waals surface area contributed by atoms with Crippen molar-refractivity contribution in [1.29, 1.82) is 0 Å². The van der Waals surface area contributed by atoms with Gasteiger partial charge in [0.05, 0.1) is 0 Å². The molecule has 1 unspecified atom stereocenters. The monoisotopic (exact) mass is 265 g/mol. The molecule has 0 saturated carbocycles. The van der Waals surface area contributed by atoms with Crippen molar-refractivity contribution in [3.63, 3.8) is 0 Å². The Morgan fingerprint density at radius 3 is 3.08 bits per heavy atom. The highest BCUT2D eigenvalue weighted by molar-refractivity contribution is 9.10. The summed E-state index contributed by atoms with van der Waals surface area (Å²) in [5, 5.41) is 1.41. The van der Waals surface area contributed by atoms with E-state index in [1.165, 1.54) is 0 Å². The topological polar surface area (TPSA) is 12.9 Å². The number of hydrogen-bond donors (Lipinski definition) is 0. The third-order valence-electron chi connectivity index (χ3n) is 1.25. The molecule has 0 radical (unpaired) electrons. The van der Waals surface area contributed by atoms with Crippen LogP contribution in [-0.4, -0.2) is 16.1 Å². The summed E-state index contributed by atoms with van der Waals surface area (Å²) in [5.41, 5.74) is 0. The summed E-state index contributed by atoms with van der Waals surface area (Å²) in [5.74, 6) is 0.647. The fraction of sp³-hybridized carbons (Fsp3) is 0.375. The molecule has 4 heteroatoms. The van der Waals surface area contributed by atoms with Gasteiger partial charge in [0.1, 0.15) is 5.03 Å². The highest BCUT2D eigenvalue weighted by Crippen LogP contribution is 2.28. The Kier molecular flexibility index (Phi) is 4.40. The van der Waals surface area contributed by atoms with Crippen LogP contribution in [-0.2, 0) is 0 Å². The van der Waals surface area contributed by atoms with Crippen molar-refractivity contribution in [3.8, 4) is 0 Å². The van der Waals surface area contributed by atoms with Crippen LogP contribution in [0.3, 0.4) is 0 Å². The lowest BCUT2D eigenvalue weighted by Gasteiger charge is -2.06. The second-order valence-corrected chi connectivity index (χ2v) is 4.96. The summed E-state index contributed by atoms with van der Waals surface area (Å²) in [6, 6.07) is 3.88. The number of hydrogen-bond acceptors (Lipinski definition) is 2. The minimum Gasteiger partial charge on any atom is -0.249 e. The van der Waals surface area contributed by atoms with Crippen LogP contribution in [0.15, 0.2) is 27.8 Å². The average molecular weight is 267 g/mol. The Morgan fingerprint density at radius 1 is 1.75 bits per heavy atom. The molecule has 66 valence electrons. The minimum absolute atomic E-state index is 0.401. The Morgan fingerprint density at radius 2 is 2.50 bits per heavy atom. The number of aromatic nitrogens is 1. The van der Waals surface area contributed by atoms with Gasteiger partial charge in [0.25, 0.3) is 0 Å². The molecule has 1 atom stereocenters. The number of rotatable bonds is 3. The van der Waals surface area contributed by atoms with Gasteiger partial charge < -0.3 is 0 Å².